The van der Waals surface area contributed by atoms with E-state index >= 15 is 4.21 Å². The van der Waals surface area contributed by atoms with Crippen molar-refractivity contribution in [1.29, 1.82) is 0 Å². The van der Waals surface area contributed by atoms with Crippen LogP contribution in [0.25, 0.3) is 55.2 Å². The van der Waals surface area contributed by atoms with Crippen LogP contribution < -0.4 is 0 Å². The number of nitrogens with zero attached hydrogens (tertiary/aromatic N) is 3. The largest absolute Gasteiger partial charge is 0.309 e. The fraction of sp³-hybridized carbons (Fsp3) is 0. The van der Waals surface area contributed by atoms with Gasteiger partial charge in [-0.2, -0.15) is 4.36 Å². The van der Waals surface area contributed by atoms with Crippen molar-refractivity contribution in [2.24, 2.45) is 4.36 Å². The summed E-state index contributed by atoms with van der Waals surface area (Å²) in [4.78, 5) is 1.48. The van der Waals surface area contributed by atoms with Crippen molar-refractivity contribution in [3.05, 3.63) is 152 Å². The van der Waals surface area contributed by atoms with Gasteiger partial charge in [-0.05, 0) is 60.7 Å². The Balaban J connectivity index is 1.39. The standard InChI is InChI=1S/C38H25N3OS/c42-43(28-15-5-2-6-16-28)36-22-12-9-19-31(36)37-30-18-8-11-21-34(30)41(38(37)39-43)27-23-24-35-32(25-27)29-17-7-10-20-33(29)40(35)26-13-3-1-4-14-26/h1-25H. The smallest absolute Gasteiger partial charge is 0.156 e. The van der Waals surface area contributed by atoms with E-state index in [9.17, 15) is 0 Å². The average Bonchev–Trinajstić information content (AvgIpc) is 3.58. The SMILES string of the molecule is O=S1(c2ccccc2)=Nc2c(c3ccccc3n2-c2ccc3c(c2)c2ccccc2n3-c2ccccc2)-c2ccccc21. The Hall–Kier alpha value is -5.39. The van der Waals surface area contributed by atoms with Crippen LogP contribution in [0.2, 0.25) is 0 Å². The number of hydrogen-bond donors (Lipinski definition) is 0. The molecule has 3 heterocycles. The molecule has 0 saturated carbocycles. The van der Waals surface area contributed by atoms with Crippen molar-refractivity contribution in [3.63, 3.8) is 0 Å². The maximum Gasteiger partial charge on any atom is 0.156 e. The van der Waals surface area contributed by atoms with Crippen LogP contribution in [0.3, 0.4) is 0 Å². The second kappa shape index (κ2) is 9.05. The molecule has 2 aromatic heterocycles. The predicted molar refractivity (Wildman–Crippen MR) is 176 cm³/mol. The number of hydrogen-bond acceptors (Lipinski definition) is 2. The Kier molecular flexibility index (Phi) is 5.10. The Morgan fingerprint density at radius 3 is 1.88 bits per heavy atom. The third-order valence-corrected chi connectivity index (χ3v) is 10.8. The van der Waals surface area contributed by atoms with Crippen molar-refractivity contribution in [2.75, 3.05) is 0 Å². The molecule has 1 aliphatic heterocycles. The fourth-order valence-corrected chi connectivity index (χ4v) is 8.80. The highest BCUT2D eigenvalue weighted by molar-refractivity contribution is 7.94. The van der Waals surface area contributed by atoms with Gasteiger partial charge in [0.15, 0.2) is 5.82 Å². The van der Waals surface area contributed by atoms with Gasteiger partial charge in [-0.15, -0.1) is 0 Å². The zero-order chi connectivity index (χ0) is 28.5. The summed E-state index contributed by atoms with van der Waals surface area (Å²) in [5.74, 6) is 0.722. The van der Waals surface area contributed by atoms with E-state index in [4.69, 9.17) is 4.36 Å². The van der Waals surface area contributed by atoms with Gasteiger partial charge in [-0.1, -0.05) is 91.0 Å². The summed E-state index contributed by atoms with van der Waals surface area (Å²) in [5, 5.41) is 3.43. The lowest BCUT2D eigenvalue weighted by Crippen LogP contribution is -2.08. The van der Waals surface area contributed by atoms with Gasteiger partial charge in [0.1, 0.15) is 9.73 Å². The molecule has 0 spiro atoms. The molecule has 9 rings (SSSR count). The van der Waals surface area contributed by atoms with Crippen molar-refractivity contribution in [2.45, 2.75) is 9.79 Å². The molecule has 204 valence electrons. The molecule has 5 heteroatoms. The van der Waals surface area contributed by atoms with Gasteiger partial charge in [0.05, 0.1) is 26.3 Å². The van der Waals surface area contributed by atoms with E-state index in [1.165, 1.54) is 5.39 Å². The molecule has 0 N–H and O–H groups in total. The highest BCUT2D eigenvalue weighted by Gasteiger charge is 2.31. The third-order valence-electron chi connectivity index (χ3n) is 8.51. The van der Waals surface area contributed by atoms with Crippen molar-refractivity contribution in [3.8, 4) is 22.5 Å². The molecule has 1 aliphatic rings. The van der Waals surface area contributed by atoms with E-state index in [2.05, 4.69) is 106 Å². The maximum absolute atomic E-state index is 15.0. The zero-order valence-electron chi connectivity index (χ0n) is 23.1. The molecule has 1 unspecified atom stereocenters. The summed E-state index contributed by atoms with van der Waals surface area (Å²) in [6.45, 7) is 0. The highest BCUT2D eigenvalue weighted by Crippen LogP contribution is 2.50. The molecule has 0 saturated heterocycles. The van der Waals surface area contributed by atoms with Crippen LogP contribution in [0.15, 0.2) is 166 Å². The average molecular weight is 572 g/mol. The molecule has 43 heavy (non-hydrogen) atoms. The molecule has 0 amide bonds. The number of aromatic nitrogens is 2. The minimum atomic E-state index is -2.93. The molecule has 0 aliphatic carbocycles. The van der Waals surface area contributed by atoms with Gasteiger partial charge in [-0.25, -0.2) is 4.21 Å². The summed E-state index contributed by atoms with van der Waals surface area (Å²) < 4.78 is 24.7. The summed E-state index contributed by atoms with van der Waals surface area (Å²) in [7, 11) is -2.93. The van der Waals surface area contributed by atoms with E-state index in [0.717, 1.165) is 60.5 Å². The van der Waals surface area contributed by atoms with Crippen molar-refractivity contribution in [1.82, 2.24) is 9.13 Å². The van der Waals surface area contributed by atoms with Crippen molar-refractivity contribution < 1.29 is 4.21 Å². The van der Waals surface area contributed by atoms with Crippen LogP contribution in [0.5, 0.6) is 0 Å². The summed E-state index contributed by atoms with van der Waals surface area (Å²) >= 11 is 0. The Morgan fingerprint density at radius 1 is 0.488 bits per heavy atom. The molecule has 6 aromatic carbocycles. The van der Waals surface area contributed by atoms with E-state index in [-0.39, 0.29) is 0 Å². The Labute approximate surface area is 249 Å². The summed E-state index contributed by atoms with van der Waals surface area (Å²) in [5.41, 5.74) is 7.43. The molecular weight excluding hydrogens is 547 g/mol. The van der Waals surface area contributed by atoms with Crippen LogP contribution in [-0.4, -0.2) is 13.3 Å². The predicted octanol–water partition coefficient (Wildman–Crippen LogP) is 9.93. The molecule has 0 radical (unpaired) electrons. The highest BCUT2D eigenvalue weighted by atomic mass is 32.2. The minimum absolute atomic E-state index is 0.714. The first kappa shape index (κ1) is 24.2. The lowest BCUT2D eigenvalue weighted by Gasteiger charge is -2.21. The molecule has 4 nitrogen and oxygen atoms in total. The van der Waals surface area contributed by atoms with Crippen molar-refractivity contribution >= 4 is 48.3 Å². The van der Waals surface area contributed by atoms with Crippen LogP contribution in [0.4, 0.5) is 5.82 Å². The van der Waals surface area contributed by atoms with E-state index < -0.39 is 9.73 Å². The number of rotatable bonds is 3. The Morgan fingerprint density at radius 2 is 1.09 bits per heavy atom. The normalized spacial score (nSPS) is 15.8. The number of fused-ring (bicyclic) bond motifs is 8. The Bertz CT molecular complexity index is 2500. The molecule has 8 aromatic rings. The fourth-order valence-electron chi connectivity index (χ4n) is 6.66. The molecule has 0 fully saturated rings. The van der Waals surface area contributed by atoms with Gasteiger partial charge in [0.2, 0.25) is 0 Å². The van der Waals surface area contributed by atoms with E-state index in [1.807, 2.05) is 54.6 Å². The van der Waals surface area contributed by atoms with Gasteiger partial charge in [0.25, 0.3) is 0 Å². The van der Waals surface area contributed by atoms with Gasteiger partial charge < -0.3 is 4.57 Å². The molecule has 1 atom stereocenters. The first-order valence-electron chi connectivity index (χ1n) is 14.4. The van der Waals surface area contributed by atoms with Gasteiger partial charge >= 0.3 is 0 Å². The molecule has 0 bridgehead atoms. The third kappa shape index (κ3) is 3.40. The van der Waals surface area contributed by atoms with Crippen LogP contribution >= 0.6 is 0 Å². The topological polar surface area (TPSA) is 39.3 Å². The molecular formula is C38H25N3OS. The summed E-state index contributed by atoms with van der Waals surface area (Å²) in [6.07, 6.45) is 0. The van der Waals surface area contributed by atoms with E-state index in [0.29, 0.717) is 4.90 Å². The second-order valence-electron chi connectivity index (χ2n) is 10.9. The van der Waals surface area contributed by atoms with Gasteiger partial charge in [-0.3, -0.25) is 4.57 Å². The number of para-hydroxylation sites is 3. The number of benzene rings is 6. The van der Waals surface area contributed by atoms with E-state index in [1.54, 1.807) is 0 Å². The monoisotopic (exact) mass is 571 g/mol. The summed E-state index contributed by atoms with van der Waals surface area (Å²) in [6, 6.07) is 51.7. The van der Waals surface area contributed by atoms with Crippen LogP contribution in [-0.2, 0) is 9.73 Å². The maximum atomic E-state index is 15.0. The zero-order valence-corrected chi connectivity index (χ0v) is 23.9. The quantitative estimate of drug-likeness (QED) is 0.208. The second-order valence-corrected chi connectivity index (χ2v) is 13.0. The van der Waals surface area contributed by atoms with Crippen LogP contribution in [0.1, 0.15) is 0 Å². The first-order chi connectivity index (χ1) is 21.2. The van der Waals surface area contributed by atoms with Crippen LogP contribution in [0, 0.1) is 0 Å². The minimum Gasteiger partial charge on any atom is -0.309 e. The lowest BCUT2D eigenvalue weighted by atomic mass is 10.0. The van der Waals surface area contributed by atoms with Gasteiger partial charge in [0, 0.05) is 38.7 Å². The lowest BCUT2D eigenvalue weighted by molar-refractivity contribution is 0.676. The first-order valence-corrected chi connectivity index (χ1v) is 15.9.